The molecule has 66 heavy (non-hydrogen) atoms. The molecule has 7 rings (SSSR count). The molecule has 3 heterocycles. The molecule has 0 radical (unpaired) electrons. The van der Waals surface area contributed by atoms with Crippen LogP contribution in [0.4, 0.5) is 0 Å². The second-order valence-electron chi connectivity index (χ2n) is 23.8. The first-order valence-corrected chi connectivity index (χ1v) is 24.6. The molecule has 3 saturated heterocycles. The second kappa shape index (κ2) is 18.7. The quantitative estimate of drug-likeness (QED) is 0.116. The first-order chi connectivity index (χ1) is 30.5. The van der Waals surface area contributed by atoms with Gasteiger partial charge in [-0.2, -0.15) is 0 Å². The molecule has 3 aliphatic heterocycles. The monoisotopic (exact) mass is 949 g/mol. The van der Waals surface area contributed by atoms with Crippen molar-refractivity contribution in [3.63, 3.8) is 0 Å². The third-order valence-corrected chi connectivity index (χ3v) is 19.2. The summed E-state index contributed by atoms with van der Waals surface area (Å²) in [6.45, 7) is 18.5. The molecule has 0 aromatic rings. The first kappa shape index (κ1) is 53.1. The number of rotatable bonds is 12. The lowest BCUT2D eigenvalue weighted by molar-refractivity contribution is -0.397. The van der Waals surface area contributed by atoms with Crippen molar-refractivity contribution in [3.8, 4) is 0 Å². The molecule has 18 heteroatoms. The van der Waals surface area contributed by atoms with Crippen LogP contribution >= 0.6 is 0 Å². The summed E-state index contributed by atoms with van der Waals surface area (Å²) in [5, 5.41) is 132. The molecule has 0 aromatic heterocycles. The summed E-state index contributed by atoms with van der Waals surface area (Å²) in [5.74, 6) is -0.170. The minimum absolute atomic E-state index is 0.0771. The molecule has 4 saturated carbocycles. The van der Waals surface area contributed by atoms with Crippen molar-refractivity contribution in [1.82, 2.24) is 0 Å². The predicted octanol–water partition coefficient (Wildman–Crippen LogP) is 0.194. The summed E-state index contributed by atoms with van der Waals surface area (Å²) in [6, 6.07) is 0. The Kier molecular flexibility index (Phi) is 15.1. The van der Waals surface area contributed by atoms with Crippen LogP contribution in [0.5, 0.6) is 0 Å². The van der Waals surface area contributed by atoms with Gasteiger partial charge in [0.1, 0.15) is 61.0 Å². The topological polar surface area (TPSA) is 298 Å². The van der Waals surface area contributed by atoms with E-state index in [9.17, 15) is 61.3 Å². The summed E-state index contributed by atoms with van der Waals surface area (Å²) < 4.78 is 37.4. The van der Waals surface area contributed by atoms with Gasteiger partial charge in [-0.15, -0.1) is 0 Å². The zero-order valence-electron chi connectivity index (χ0n) is 40.6. The van der Waals surface area contributed by atoms with Gasteiger partial charge in [0.05, 0.1) is 48.3 Å². The zero-order chi connectivity index (χ0) is 49.0. The van der Waals surface area contributed by atoms with Gasteiger partial charge in [0.2, 0.25) is 0 Å². The molecule has 0 unspecified atom stereocenters. The van der Waals surface area contributed by atoms with E-state index in [1.165, 1.54) is 13.8 Å². The standard InChI is InChI=1S/C48H84O18/c1-21-31(52)34(55)36(57)40(61-21)65-38-33(54)25(20-49)63-42(39(38)66-41-37(58)35(56)32(53)22(2)62-41)64-29-14-15-45(7)26(43(29,3)4)12-17-46(8)27(45)19-24(50)30-23(11-16-47(30,46)9)48(10,60)18-13-28(51)44(5,6)59/h21-42,49-60H,11-20H2,1-10H3/t21-,22-,23-,24+,25+,26+,27+,28+,29-,30-,31-,32-,33+,34+,35+,36+,37+,38-,39+,40-,41-,42-,45-,46+,47+,48-/m0/s1. The van der Waals surface area contributed by atoms with E-state index in [2.05, 4.69) is 34.6 Å². The molecule has 0 bridgehead atoms. The Morgan fingerprint density at radius 2 is 1.17 bits per heavy atom. The van der Waals surface area contributed by atoms with Gasteiger partial charge in [0, 0.05) is 0 Å². The van der Waals surface area contributed by atoms with Crippen molar-refractivity contribution in [3.05, 3.63) is 0 Å². The fraction of sp³-hybridized carbons (Fsp3) is 1.00. The number of hydrogen-bond donors (Lipinski definition) is 12. The average molecular weight is 949 g/mol. The van der Waals surface area contributed by atoms with Crippen molar-refractivity contribution in [2.45, 2.75) is 249 Å². The molecular formula is C48H84O18. The highest BCUT2D eigenvalue weighted by Crippen LogP contribution is 2.76. The van der Waals surface area contributed by atoms with Crippen molar-refractivity contribution in [1.29, 1.82) is 0 Å². The number of fused-ring (bicyclic) bond motifs is 5. The van der Waals surface area contributed by atoms with Gasteiger partial charge in [-0.1, -0.05) is 34.6 Å². The van der Waals surface area contributed by atoms with E-state index in [0.29, 0.717) is 25.7 Å². The minimum atomic E-state index is -1.78. The zero-order valence-corrected chi connectivity index (χ0v) is 40.6. The highest BCUT2D eigenvalue weighted by Gasteiger charge is 2.72. The molecule has 0 amide bonds. The number of aliphatic hydroxyl groups is 12. The molecule has 384 valence electrons. The second-order valence-corrected chi connectivity index (χ2v) is 23.8. The van der Waals surface area contributed by atoms with Gasteiger partial charge >= 0.3 is 0 Å². The Morgan fingerprint density at radius 3 is 1.71 bits per heavy atom. The lowest BCUT2D eigenvalue weighted by Gasteiger charge is -2.70. The van der Waals surface area contributed by atoms with Crippen LogP contribution in [-0.4, -0.2) is 190 Å². The summed E-state index contributed by atoms with van der Waals surface area (Å²) in [4.78, 5) is 0. The molecule has 18 nitrogen and oxygen atoms in total. The molecule has 4 aliphatic carbocycles. The Morgan fingerprint density at radius 1 is 0.621 bits per heavy atom. The molecular weight excluding hydrogens is 865 g/mol. The van der Waals surface area contributed by atoms with Gasteiger partial charge in [0.25, 0.3) is 0 Å². The Labute approximate surface area is 389 Å². The highest BCUT2D eigenvalue weighted by atomic mass is 16.8. The van der Waals surface area contributed by atoms with Gasteiger partial charge < -0.3 is 89.7 Å². The van der Waals surface area contributed by atoms with E-state index in [4.69, 9.17) is 28.4 Å². The van der Waals surface area contributed by atoms with Crippen LogP contribution in [-0.2, 0) is 28.4 Å². The molecule has 0 aromatic carbocycles. The Bertz CT molecular complexity index is 1660. The minimum Gasteiger partial charge on any atom is -0.394 e. The van der Waals surface area contributed by atoms with E-state index in [0.717, 1.165) is 25.7 Å². The van der Waals surface area contributed by atoms with Gasteiger partial charge in [0.15, 0.2) is 18.9 Å². The van der Waals surface area contributed by atoms with Crippen LogP contribution < -0.4 is 0 Å². The lowest BCUT2D eigenvalue weighted by Crippen LogP contribution is -2.68. The normalized spacial score (nSPS) is 53.3. The number of aliphatic hydroxyl groups excluding tert-OH is 10. The lowest BCUT2D eigenvalue weighted by atomic mass is 9.35. The van der Waals surface area contributed by atoms with Crippen molar-refractivity contribution < 1.29 is 89.7 Å². The molecule has 26 atom stereocenters. The summed E-state index contributed by atoms with van der Waals surface area (Å²) in [5.41, 5.74) is -3.76. The van der Waals surface area contributed by atoms with Gasteiger partial charge in [-0.05, 0) is 138 Å². The molecule has 7 fully saturated rings. The third kappa shape index (κ3) is 8.88. The maximum atomic E-state index is 12.3. The number of hydrogen-bond acceptors (Lipinski definition) is 18. The summed E-state index contributed by atoms with van der Waals surface area (Å²) >= 11 is 0. The first-order valence-electron chi connectivity index (χ1n) is 24.6. The highest BCUT2D eigenvalue weighted by molar-refractivity contribution is 5.20. The van der Waals surface area contributed by atoms with Gasteiger partial charge in [-0.25, -0.2) is 0 Å². The van der Waals surface area contributed by atoms with Crippen molar-refractivity contribution in [2.75, 3.05) is 6.61 Å². The number of ether oxygens (including phenoxy) is 6. The average Bonchev–Trinajstić information content (AvgIpc) is 3.63. The Balaban J connectivity index is 1.15. The van der Waals surface area contributed by atoms with Crippen LogP contribution in [0.1, 0.15) is 127 Å². The third-order valence-electron chi connectivity index (χ3n) is 19.2. The molecule has 7 aliphatic rings. The Hall–Kier alpha value is -0.720. The largest absolute Gasteiger partial charge is 0.394 e. The van der Waals surface area contributed by atoms with Crippen LogP contribution in [0.25, 0.3) is 0 Å². The van der Waals surface area contributed by atoms with Crippen LogP contribution in [0.3, 0.4) is 0 Å². The van der Waals surface area contributed by atoms with Crippen LogP contribution in [0, 0.1) is 45.3 Å². The van der Waals surface area contributed by atoms with Crippen LogP contribution in [0.2, 0.25) is 0 Å². The summed E-state index contributed by atoms with van der Waals surface area (Å²) in [7, 11) is 0. The van der Waals surface area contributed by atoms with Crippen molar-refractivity contribution >= 4 is 0 Å². The van der Waals surface area contributed by atoms with E-state index in [1.54, 1.807) is 13.8 Å². The SMILES string of the molecule is C[C@@H]1O[C@@H](O[C@H]2[C@H](O[C@H]3CC[C@@]4(C)[C@H](CC[C@]5(C)[C@@H]4C[C@@H](O)[C@@H]4[C@@H]([C@@](C)(O)CC[C@@H](O)C(C)(C)O)CC[C@]45C)C3(C)C)O[C@H](CO)[C@@H](O)[C@@H]2O[C@@H]2O[C@@H](C)[C@H](O)[C@@H](O)[C@H]2O)[C@H](O)[C@H](O)[C@H]1O. The van der Waals surface area contributed by atoms with E-state index < -0.39 is 134 Å². The maximum absolute atomic E-state index is 12.3. The smallest absolute Gasteiger partial charge is 0.187 e. The van der Waals surface area contributed by atoms with E-state index in [-0.39, 0.29) is 46.3 Å². The molecule has 12 N–H and O–H groups in total. The van der Waals surface area contributed by atoms with Crippen molar-refractivity contribution in [2.24, 2.45) is 45.3 Å². The van der Waals surface area contributed by atoms with Gasteiger partial charge in [-0.3, -0.25) is 0 Å². The van der Waals surface area contributed by atoms with Crippen LogP contribution in [0.15, 0.2) is 0 Å². The fourth-order valence-electron chi connectivity index (χ4n) is 14.8. The van der Waals surface area contributed by atoms with E-state index >= 15 is 0 Å². The molecule has 0 spiro atoms. The maximum Gasteiger partial charge on any atom is 0.187 e. The fourth-order valence-corrected chi connectivity index (χ4v) is 14.8. The summed E-state index contributed by atoms with van der Waals surface area (Å²) in [6.07, 6.45) is -19.1. The predicted molar refractivity (Wildman–Crippen MR) is 234 cm³/mol. The van der Waals surface area contributed by atoms with E-state index in [1.807, 2.05) is 6.92 Å².